The van der Waals surface area contributed by atoms with E-state index < -0.39 is 15.5 Å². The van der Waals surface area contributed by atoms with Gasteiger partial charge in [-0.15, -0.1) is 0 Å². The maximum atomic E-state index is 12.1. The van der Waals surface area contributed by atoms with Gasteiger partial charge in [0.1, 0.15) is 4.90 Å². The monoisotopic (exact) mass is 299 g/mol. The van der Waals surface area contributed by atoms with Crippen LogP contribution in [0.2, 0.25) is 0 Å². The van der Waals surface area contributed by atoms with Gasteiger partial charge in [0.05, 0.1) is 0 Å². The second-order valence-corrected chi connectivity index (χ2v) is 7.20. The second-order valence-electron chi connectivity index (χ2n) is 5.47. The van der Waals surface area contributed by atoms with Gasteiger partial charge in [0, 0.05) is 37.6 Å². The number of pyridine rings is 1. The quantitative estimate of drug-likeness (QED) is 0.823. The number of nitrogens with zero attached hydrogens (tertiary/aromatic N) is 1. The average Bonchev–Trinajstić information content (AvgIpc) is 2.86. The molecular formula is C13H21N3O3S. The van der Waals surface area contributed by atoms with Crippen molar-refractivity contribution in [1.29, 1.82) is 0 Å². The van der Waals surface area contributed by atoms with Gasteiger partial charge in [0.25, 0.3) is 0 Å². The van der Waals surface area contributed by atoms with Gasteiger partial charge in [-0.1, -0.05) is 0 Å². The number of rotatable bonds is 5. The van der Waals surface area contributed by atoms with Crippen LogP contribution in [0, 0.1) is 5.92 Å². The Labute approximate surface area is 119 Å². The number of aromatic nitrogens is 1. The summed E-state index contributed by atoms with van der Waals surface area (Å²) in [5.74, 6) is 0.301. The fourth-order valence-electron chi connectivity index (χ4n) is 2.41. The SMILES string of the molecule is CC(C)N1CCC(CNS(=O)(=O)c2c[nH]ccc2=O)C1. The molecule has 1 fully saturated rings. The van der Waals surface area contributed by atoms with Gasteiger partial charge in [0.2, 0.25) is 15.5 Å². The number of hydrogen-bond donors (Lipinski definition) is 2. The number of likely N-dealkylation sites (tertiary alicyclic amines) is 1. The first-order valence-corrected chi connectivity index (χ1v) is 8.29. The predicted molar refractivity (Wildman–Crippen MR) is 77.1 cm³/mol. The van der Waals surface area contributed by atoms with E-state index in [1.807, 2.05) is 0 Å². The Morgan fingerprint density at radius 2 is 2.25 bits per heavy atom. The van der Waals surface area contributed by atoms with E-state index in [-0.39, 0.29) is 4.90 Å². The van der Waals surface area contributed by atoms with Crippen molar-refractivity contribution in [2.24, 2.45) is 5.92 Å². The molecule has 1 atom stereocenters. The lowest BCUT2D eigenvalue weighted by Crippen LogP contribution is -2.34. The maximum Gasteiger partial charge on any atom is 0.245 e. The minimum Gasteiger partial charge on any atom is -0.366 e. The molecule has 2 heterocycles. The Bertz CT molecular complexity index is 609. The van der Waals surface area contributed by atoms with Gasteiger partial charge in [-0.25, -0.2) is 13.1 Å². The first kappa shape index (κ1) is 15.2. The van der Waals surface area contributed by atoms with Gasteiger partial charge in [-0.2, -0.15) is 0 Å². The molecule has 1 aliphatic rings. The zero-order chi connectivity index (χ0) is 14.8. The lowest BCUT2D eigenvalue weighted by molar-refractivity contribution is 0.265. The molecule has 1 saturated heterocycles. The normalized spacial score (nSPS) is 20.6. The van der Waals surface area contributed by atoms with E-state index in [1.165, 1.54) is 18.5 Å². The number of aromatic amines is 1. The zero-order valence-corrected chi connectivity index (χ0v) is 12.6. The number of sulfonamides is 1. The van der Waals surface area contributed by atoms with E-state index in [2.05, 4.69) is 28.5 Å². The molecule has 6 nitrogen and oxygen atoms in total. The molecule has 0 aliphatic carbocycles. The third-order valence-electron chi connectivity index (χ3n) is 3.69. The van der Waals surface area contributed by atoms with Crippen molar-refractivity contribution in [1.82, 2.24) is 14.6 Å². The molecule has 20 heavy (non-hydrogen) atoms. The van der Waals surface area contributed by atoms with Crippen molar-refractivity contribution < 1.29 is 8.42 Å². The van der Waals surface area contributed by atoms with E-state index in [0.29, 0.717) is 18.5 Å². The molecule has 2 rings (SSSR count). The number of nitrogens with one attached hydrogen (secondary N) is 2. The van der Waals surface area contributed by atoms with Crippen LogP contribution in [0.25, 0.3) is 0 Å². The van der Waals surface area contributed by atoms with Gasteiger partial charge >= 0.3 is 0 Å². The minimum atomic E-state index is -3.73. The smallest absolute Gasteiger partial charge is 0.245 e. The van der Waals surface area contributed by atoms with Crippen LogP contribution in [0.4, 0.5) is 0 Å². The van der Waals surface area contributed by atoms with Crippen molar-refractivity contribution in [3.63, 3.8) is 0 Å². The molecular weight excluding hydrogens is 278 g/mol. The van der Waals surface area contributed by atoms with Crippen LogP contribution in [0.15, 0.2) is 28.2 Å². The molecule has 0 aromatic carbocycles. The summed E-state index contributed by atoms with van der Waals surface area (Å²) < 4.78 is 26.7. The Morgan fingerprint density at radius 3 is 2.85 bits per heavy atom. The summed E-state index contributed by atoms with van der Waals surface area (Å²) in [5.41, 5.74) is -0.494. The van der Waals surface area contributed by atoms with Crippen LogP contribution in [0.5, 0.6) is 0 Å². The highest BCUT2D eigenvalue weighted by atomic mass is 32.2. The van der Waals surface area contributed by atoms with E-state index in [9.17, 15) is 13.2 Å². The summed E-state index contributed by atoms with van der Waals surface area (Å²) in [6.07, 6.45) is 3.62. The largest absolute Gasteiger partial charge is 0.366 e. The molecule has 0 radical (unpaired) electrons. The maximum absolute atomic E-state index is 12.1. The summed E-state index contributed by atoms with van der Waals surface area (Å²) in [4.78, 5) is 16.3. The Kier molecular flexibility index (Phi) is 4.62. The van der Waals surface area contributed by atoms with E-state index in [4.69, 9.17) is 0 Å². The summed E-state index contributed by atoms with van der Waals surface area (Å²) >= 11 is 0. The molecule has 1 aromatic rings. The summed E-state index contributed by atoms with van der Waals surface area (Å²) in [5, 5.41) is 0. The average molecular weight is 299 g/mol. The lowest BCUT2D eigenvalue weighted by Gasteiger charge is -2.20. The van der Waals surface area contributed by atoms with Gasteiger partial charge < -0.3 is 9.88 Å². The summed E-state index contributed by atoms with van der Waals surface area (Å²) in [6, 6.07) is 1.69. The fraction of sp³-hybridized carbons (Fsp3) is 0.615. The third kappa shape index (κ3) is 3.47. The molecule has 1 unspecified atom stereocenters. The molecule has 0 saturated carbocycles. The Hall–Kier alpha value is -1.18. The number of hydrogen-bond acceptors (Lipinski definition) is 4. The van der Waals surface area contributed by atoms with Crippen LogP contribution >= 0.6 is 0 Å². The highest BCUT2D eigenvalue weighted by molar-refractivity contribution is 7.89. The van der Waals surface area contributed by atoms with E-state index >= 15 is 0 Å². The molecule has 1 aliphatic heterocycles. The molecule has 0 amide bonds. The Morgan fingerprint density at radius 1 is 1.50 bits per heavy atom. The number of H-pyrrole nitrogens is 1. The Balaban J connectivity index is 1.98. The molecule has 2 N–H and O–H groups in total. The lowest BCUT2D eigenvalue weighted by atomic mass is 10.1. The second kappa shape index (κ2) is 6.07. The van der Waals surface area contributed by atoms with E-state index in [0.717, 1.165) is 19.5 Å². The topological polar surface area (TPSA) is 82.3 Å². The highest BCUT2D eigenvalue weighted by Crippen LogP contribution is 2.18. The van der Waals surface area contributed by atoms with Crippen molar-refractivity contribution in [2.45, 2.75) is 31.2 Å². The van der Waals surface area contributed by atoms with Crippen LogP contribution in [-0.2, 0) is 10.0 Å². The van der Waals surface area contributed by atoms with Gasteiger partial charge in [0.15, 0.2) is 0 Å². The van der Waals surface area contributed by atoms with Crippen molar-refractivity contribution >= 4 is 10.0 Å². The minimum absolute atomic E-state index is 0.223. The standard InChI is InChI=1S/C13H21N3O3S/c1-10(2)16-6-4-11(9-16)7-15-20(18,19)13-8-14-5-3-12(13)17/h3,5,8,10-11,15H,4,6-7,9H2,1-2H3,(H,14,17). The highest BCUT2D eigenvalue weighted by Gasteiger charge is 2.26. The summed E-state index contributed by atoms with van der Waals surface area (Å²) in [6.45, 7) is 6.54. The predicted octanol–water partition coefficient (Wildman–Crippen LogP) is 0.383. The molecule has 112 valence electrons. The van der Waals surface area contributed by atoms with Crippen LogP contribution in [0.1, 0.15) is 20.3 Å². The van der Waals surface area contributed by atoms with Crippen molar-refractivity contribution in [2.75, 3.05) is 19.6 Å². The van der Waals surface area contributed by atoms with Crippen LogP contribution in [-0.4, -0.2) is 44.0 Å². The fourth-order valence-corrected chi connectivity index (χ4v) is 3.58. The molecule has 0 bridgehead atoms. The zero-order valence-electron chi connectivity index (χ0n) is 11.8. The first-order chi connectivity index (χ1) is 9.40. The van der Waals surface area contributed by atoms with Gasteiger partial charge in [-0.05, 0) is 32.7 Å². The van der Waals surface area contributed by atoms with Crippen molar-refractivity contribution in [3.05, 3.63) is 28.7 Å². The van der Waals surface area contributed by atoms with Crippen molar-refractivity contribution in [3.8, 4) is 0 Å². The van der Waals surface area contributed by atoms with E-state index in [1.54, 1.807) is 0 Å². The third-order valence-corrected chi connectivity index (χ3v) is 5.13. The molecule has 7 heteroatoms. The molecule has 0 spiro atoms. The van der Waals surface area contributed by atoms with Gasteiger partial charge in [-0.3, -0.25) is 4.79 Å². The van der Waals surface area contributed by atoms with Crippen LogP contribution in [0.3, 0.4) is 0 Å². The first-order valence-electron chi connectivity index (χ1n) is 6.81. The summed E-state index contributed by atoms with van der Waals surface area (Å²) in [7, 11) is -3.73. The molecule has 1 aromatic heterocycles. The van der Waals surface area contributed by atoms with Crippen LogP contribution < -0.4 is 10.2 Å².